The Bertz CT molecular complexity index is 623. The van der Waals surface area contributed by atoms with Crippen molar-refractivity contribution in [1.29, 1.82) is 0 Å². The van der Waals surface area contributed by atoms with Gasteiger partial charge in [-0.3, -0.25) is 9.59 Å². The van der Waals surface area contributed by atoms with Gasteiger partial charge in [-0.2, -0.15) is 0 Å². The highest BCUT2D eigenvalue weighted by Gasteiger charge is 2.12. The molecule has 0 saturated carbocycles. The molecule has 2 rings (SSSR count). The molecule has 0 saturated heterocycles. The Labute approximate surface area is 113 Å². The third-order valence-corrected chi connectivity index (χ3v) is 3.52. The summed E-state index contributed by atoms with van der Waals surface area (Å²) in [4.78, 5) is 23.4. The molecule has 100 valence electrons. The lowest BCUT2D eigenvalue weighted by atomic mass is 10.2. The number of ether oxygens (including phenoxy) is 1. The van der Waals surface area contributed by atoms with Crippen molar-refractivity contribution in [2.45, 2.75) is 6.92 Å². The number of hydrogen-bond acceptors (Lipinski definition) is 4. The van der Waals surface area contributed by atoms with E-state index < -0.39 is 5.97 Å². The molecule has 0 bridgehead atoms. The van der Waals surface area contributed by atoms with Crippen molar-refractivity contribution in [3.63, 3.8) is 0 Å². The minimum absolute atomic E-state index is 0.171. The van der Waals surface area contributed by atoms with Crippen LogP contribution in [0.2, 0.25) is 0 Å². The molecule has 19 heavy (non-hydrogen) atoms. The number of amides is 1. The van der Waals surface area contributed by atoms with Crippen molar-refractivity contribution in [2.75, 3.05) is 13.2 Å². The molecule has 1 aromatic heterocycles. The van der Waals surface area contributed by atoms with Gasteiger partial charge in [0.15, 0.2) is 0 Å². The number of thiophene rings is 1. The maximum atomic E-state index is 13.0. The molecule has 6 heteroatoms. The quantitative estimate of drug-likeness (QED) is 0.875. The fourth-order valence-corrected chi connectivity index (χ4v) is 2.54. The summed E-state index contributed by atoms with van der Waals surface area (Å²) >= 11 is 1.25. The Morgan fingerprint density at radius 2 is 2.16 bits per heavy atom. The Hall–Kier alpha value is -1.95. The van der Waals surface area contributed by atoms with Gasteiger partial charge in [0.1, 0.15) is 12.4 Å². The van der Waals surface area contributed by atoms with E-state index in [9.17, 15) is 14.0 Å². The van der Waals surface area contributed by atoms with Crippen LogP contribution in [0.5, 0.6) is 0 Å². The van der Waals surface area contributed by atoms with Crippen molar-refractivity contribution >= 4 is 33.3 Å². The van der Waals surface area contributed by atoms with Crippen LogP contribution in [-0.4, -0.2) is 25.0 Å². The topological polar surface area (TPSA) is 55.4 Å². The molecule has 2 aromatic rings. The summed E-state index contributed by atoms with van der Waals surface area (Å²) in [6.45, 7) is 1.80. The molecule has 1 N–H and O–H groups in total. The van der Waals surface area contributed by atoms with Gasteiger partial charge in [-0.25, -0.2) is 4.39 Å². The van der Waals surface area contributed by atoms with Crippen LogP contribution in [0.1, 0.15) is 16.6 Å². The van der Waals surface area contributed by atoms with Gasteiger partial charge in [0, 0.05) is 4.70 Å². The number of carbonyl (C=O) groups excluding carboxylic acids is 2. The second kappa shape index (κ2) is 5.79. The fourth-order valence-electron chi connectivity index (χ4n) is 1.58. The normalized spacial score (nSPS) is 10.4. The van der Waals surface area contributed by atoms with Crippen LogP contribution >= 0.6 is 11.3 Å². The number of rotatable bonds is 4. The van der Waals surface area contributed by atoms with E-state index in [1.807, 2.05) is 0 Å². The average molecular weight is 281 g/mol. The number of nitrogens with one attached hydrogen (secondary N) is 1. The molecule has 0 atom stereocenters. The summed E-state index contributed by atoms with van der Waals surface area (Å²) in [7, 11) is 0. The average Bonchev–Trinajstić information content (AvgIpc) is 2.79. The van der Waals surface area contributed by atoms with Crippen molar-refractivity contribution in [3.05, 3.63) is 35.0 Å². The second-order valence-electron chi connectivity index (χ2n) is 3.78. The number of carbonyl (C=O) groups is 2. The van der Waals surface area contributed by atoms with Crippen molar-refractivity contribution in [3.8, 4) is 0 Å². The van der Waals surface area contributed by atoms with Gasteiger partial charge in [0.05, 0.1) is 11.5 Å². The summed E-state index contributed by atoms with van der Waals surface area (Å²) in [5.74, 6) is -1.19. The van der Waals surface area contributed by atoms with E-state index in [4.69, 9.17) is 4.74 Å². The maximum absolute atomic E-state index is 13.0. The first kappa shape index (κ1) is 13.5. The summed E-state index contributed by atoms with van der Waals surface area (Å²) in [6.07, 6.45) is 0. The fraction of sp³-hybridized carbons (Fsp3) is 0.231. The molecule has 1 amide bonds. The van der Waals surface area contributed by atoms with Crippen molar-refractivity contribution < 1.29 is 18.7 Å². The molecule has 0 fully saturated rings. The van der Waals surface area contributed by atoms with Gasteiger partial charge < -0.3 is 10.1 Å². The molecule has 0 unspecified atom stereocenters. The minimum atomic E-state index is -0.483. The van der Waals surface area contributed by atoms with Crippen LogP contribution in [0.25, 0.3) is 10.1 Å². The molecule has 1 aromatic carbocycles. The van der Waals surface area contributed by atoms with Gasteiger partial charge in [-0.05, 0) is 36.6 Å². The Balaban J connectivity index is 2.07. The van der Waals surface area contributed by atoms with E-state index in [1.54, 1.807) is 19.1 Å². The van der Waals surface area contributed by atoms with Crippen LogP contribution in [-0.2, 0) is 9.53 Å². The molecule has 0 radical (unpaired) electrons. The van der Waals surface area contributed by atoms with Crippen LogP contribution in [0, 0.1) is 5.82 Å². The van der Waals surface area contributed by atoms with E-state index in [-0.39, 0.29) is 24.9 Å². The van der Waals surface area contributed by atoms with E-state index in [0.29, 0.717) is 10.3 Å². The standard InChI is InChI=1S/C13H12FNO3S/c1-2-18-12(16)7-15-13(17)11-6-8-5-9(14)3-4-10(8)19-11/h3-6H,2,7H2,1H3,(H,15,17). The molecule has 0 aliphatic heterocycles. The third-order valence-electron chi connectivity index (χ3n) is 2.40. The Kier molecular flexibility index (Phi) is 4.11. The summed E-state index contributed by atoms with van der Waals surface area (Å²) in [6, 6.07) is 5.94. The lowest BCUT2D eigenvalue weighted by Gasteiger charge is -2.02. The molecule has 0 spiro atoms. The first-order valence-corrected chi connectivity index (χ1v) is 6.54. The zero-order chi connectivity index (χ0) is 13.8. The summed E-state index contributed by atoms with van der Waals surface area (Å²) < 4.78 is 18.6. The monoisotopic (exact) mass is 281 g/mol. The van der Waals surface area contributed by atoms with Gasteiger partial charge in [-0.1, -0.05) is 0 Å². The second-order valence-corrected chi connectivity index (χ2v) is 4.86. The van der Waals surface area contributed by atoms with Crippen LogP contribution in [0.4, 0.5) is 4.39 Å². The molecule has 0 aliphatic carbocycles. The molecular weight excluding hydrogens is 269 g/mol. The lowest BCUT2D eigenvalue weighted by Crippen LogP contribution is -2.30. The van der Waals surface area contributed by atoms with E-state index in [2.05, 4.69) is 5.32 Å². The highest BCUT2D eigenvalue weighted by atomic mass is 32.1. The van der Waals surface area contributed by atoms with Crippen molar-refractivity contribution in [1.82, 2.24) is 5.32 Å². The highest BCUT2D eigenvalue weighted by molar-refractivity contribution is 7.20. The molecule has 4 nitrogen and oxygen atoms in total. The van der Waals surface area contributed by atoms with Gasteiger partial charge >= 0.3 is 5.97 Å². The summed E-state index contributed by atoms with van der Waals surface area (Å²) in [5.41, 5.74) is 0. The first-order valence-electron chi connectivity index (χ1n) is 5.73. The SMILES string of the molecule is CCOC(=O)CNC(=O)c1cc2cc(F)ccc2s1. The lowest BCUT2D eigenvalue weighted by molar-refractivity contribution is -0.141. The molecule has 1 heterocycles. The zero-order valence-corrected chi connectivity index (χ0v) is 11.1. The number of halogens is 1. The number of fused-ring (bicyclic) bond motifs is 1. The van der Waals surface area contributed by atoms with E-state index in [1.165, 1.54) is 23.5 Å². The predicted octanol–water partition coefficient (Wildman–Crippen LogP) is 2.33. The van der Waals surface area contributed by atoms with Crippen LogP contribution in [0.15, 0.2) is 24.3 Å². The Morgan fingerprint density at radius 1 is 1.37 bits per heavy atom. The maximum Gasteiger partial charge on any atom is 0.325 e. The van der Waals surface area contributed by atoms with Crippen molar-refractivity contribution in [2.24, 2.45) is 0 Å². The number of benzene rings is 1. The predicted molar refractivity (Wildman–Crippen MR) is 70.7 cm³/mol. The summed E-state index contributed by atoms with van der Waals surface area (Å²) in [5, 5.41) is 3.13. The number of esters is 1. The smallest absolute Gasteiger partial charge is 0.325 e. The number of hydrogen-bond donors (Lipinski definition) is 1. The molecular formula is C13H12FNO3S. The molecule has 0 aliphatic rings. The minimum Gasteiger partial charge on any atom is -0.465 e. The van der Waals surface area contributed by atoms with Gasteiger partial charge in [0.25, 0.3) is 5.91 Å². The van der Waals surface area contributed by atoms with Gasteiger partial charge in [-0.15, -0.1) is 11.3 Å². The largest absolute Gasteiger partial charge is 0.465 e. The third kappa shape index (κ3) is 3.29. The highest BCUT2D eigenvalue weighted by Crippen LogP contribution is 2.26. The van der Waals surface area contributed by atoms with E-state index in [0.717, 1.165) is 4.70 Å². The Morgan fingerprint density at radius 3 is 2.89 bits per heavy atom. The van der Waals surface area contributed by atoms with Crippen LogP contribution < -0.4 is 5.32 Å². The first-order chi connectivity index (χ1) is 9.10. The zero-order valence-electron chi connectivity index (χ0n) is 10.2. The van der Waals surface area contributed by atoms with E-state index >= 15 is 0 Å². The van der Waals surface area contributed by atoms with Crippen LogP contribution in [0.3, 0.4) is 0 Å². The van der Waals surface area contributed by atoms with Gasteiger partial charge in [0.2, 0.25) is 0 Å².